The Bertz CT molecular complexity index is 225. The van der Waals surface area contributed by atoms with E-state index in [4.69, 9.17) is 0 Å². The Balaban J connectivity index is 0.00000144. The summed E-state index contributed by atoms with van der Waals surface area (Å²) in [7, 11) is 0. The summed E-state index contributed by atoms with van der Waals surface area (Å²) in [5.41, 5.74) is 6.17. The lowest BCUT2D eigenvalue weighted by Crippen LogP contribution is -2.17. The Morgan fingerprint density at radius 1 is 0.692 bits per heavy atom. The third-order valence-corrected chi connectivity index (χ3v) is 3.86. The maximum Gasteiger partial charge on any atom is -0.0165 e. The molecule has 0 nitrogen and oxygen atoms in total. The highest BCUT2D eigenvalue weighted by atomic mass is 14.3. The third-order valence-electron chi connectivity index (χ3n) is 3.86. The lowest BCUT2D eigenvalue weighted by Gasteiger charge is -2.30. The Morgan fingerprint density at radius 3 is 1.15 bits per heavy atom. The number of hydrogen-bond acceptors (Lipinski definition) is 0. The van der Waals surface area contributed by atoms with Crippen molar-refractivity contribution < 1.29 is 0 Å². The maximum atomic E-state index is 2.33. The van der Waals surface area contributed by atoms with Crippen molar-refractivity contribution >= 4 is 0 Å². The maximum absolute atomic E-state index is 2.33. The Morgan fingerprint density at radius 2 is 0.923 bits per heavy atom. The summed E-state index contributed by atoms with van der Waals surface area (Å²) in [5.74, 6) is 1.46. The van der Waals surface area contributed by atoms with Gasteiger partial charge in [0.1, 0.15) is 0 Å². The van der Waals surface area contributed by atoms with Crippen LogP contribution in [-0.4, -0.2) is 0 Å². The van der Waals surface area contributed by atoms with Crippen LogP contribution >= 0.6 is 0 Å². The molecule has 1 rings (SSSR count). The van der Waals surface area contributed by atoms with E-state index in [1.54, 1.807) is 11.1 Å². The monoisotopic (exact) mass is 180 g/mol. The lowest BCUT2D eigenvalue weighted by molar-refractivity contribution is 0.486. The van der Waals surface area contributed by atoms with Crippen molar-refractivity contribution in [3.63, 3.8) is 0 Å². The van der Waals surface area contributed by atoms with Gasteiger partial charge < -0.3 is 0 Å². The normalized spacial score (nSPS) is 29.1. The highest BCUT2D eigenvalue weighted by Gasteiger charge is 2.23. The first-order valence-electron chi connectivity index (χ1n) is 4.82. The van der Waals surface area contributed by atoms with Gasteiger partial charge in [0.25, 0.3) is 0 Å². The summed E-state index contributed by atoms with van der Waals surface area (Å²) in [6, 6.07) is 0. The van der Waals surface area contributed by atoms with E-state index in [0.29, 0.717) is 0 Å². The average Bonchev–Trinajstić information content (AvgIpc) is 2.08. The molecule has 0 saturated heterocycles. The zero-order valence-corrected chi connectivity index (χ0v) is 9.15. The van der Waals surface area contributed by atoms with Crippen molar-refractivity contribution in [1.82, 2.24) is 0 Å². The molecule has 76 valence electrons. The molecule has 0 aromatic rings. The molecule has 0 N–H and O–H groups in total. The zero-order chi connectivity index (χ0) is 9.46. The van der Waals surface area contributed by atoms with Gasteiger partial charge in [0.2, 0.25) is 0 Å². The summed E-state index contributed by atoms with van der Waals surface area (Å²) in [6.07, 6.45) is 0. The van der Waals surface area contributed by atoms with Crippen LogP contribution in [0.4, 0.5) is 0 Å². The molecule has 0 saturated carbocycles. The van der Waals surface area contributed by atoms with E-state index in [0.717, 1.165) is 11.8 Å². The molecule has 2 unspecified atom stereocenters. The minimum absolute atomic E-state index is 0. The van der Waals surface area contributed by atoms with Crippen LogP contribution in [0.1, 0.15) is 49.0 Å². The smallest absolute Gasteiger partial charge is 0.0165 e. The van der Waals surface area contributed by atoms with E-state index in [-0.39, 0.29) is 7.43 Å². The molecule has 0 heterocycles. The van der Waals surface area contributed by atoms with E-state index in [2.05, 4.69) is 41.5 Å². The first-order valence-corrected chi connectivity index (χ1v) is 4.82. The molecular weight excluding hydrogens is 156 g/mol. The number of rotatable bonds is 0. The van der Waals surface area contributed by atoms with Crippen LogP contribution in [0, 0.1) is 11.8 Å². The van der Waals surface area contributed by atoms with Crippen LogP contribution in [0.3, 0.4) is 0 Å². The van der Waals surface area contributed by atoms with Crippen molar-refractivity contribution in [2.75, 3.05) is 0 Å². The van der Waals surface area contributed by atoms with Gasteiger partial charge in [0.05, 0.1) is 0 Å². The first kappa shape index (κ1) is 12.5. The molecule has 0 spiro atoms. The van der Waals surface area contributed by atoms with Crippen LogP contribution in [0.2, 0.25) is 0 Å². The van der Waals surface area contributed by atoms with Crippen LogP contribution in [-0.2, 0) is 0 Å². The predicted octanol–water partition coefficient (Wildman–Crippen LogP) is 4.58. The van der Waals surface area contributed by atoms with Gasteiger partial charge in [0.15, 0.2) is 0 Å². The summed E-state index contributed by atoms with van der Waals surface area (Å²) in [4.78, 5) is 0. The fourth-order valence-corrected chi connectivity index (χ4v) is 2.02. The van der Waals surface area contributed by atoms with Crippen molar-refractivity contribution in [2.24, 2.45) is 11.8 Å². The Hall–Kier alpha value is -0.520. The highest BCUT2D eigenvalue weighted by Crippen LogP contribution is 2.37. The highest BCUT2D eigenvalue weighted by molar-refractivity contribution is 5.40. The van der Waals surface area contributed by atoms with E-state index in [1.807, 2.05) is 0 Å². The van der Waals surface area contributed by atoms with Gasteiger partial charge in [0, 0.05) is 0 Å². The Kier molecular flexibility index (Phi) is 3.96. The second-order valence-corrected chi connectivity index (χ2v) is 4.19. The van der Waals surface area contributed by atoms with Gasteiger partial charge >= 0.3 is 0 Å². The van der Waals surface area contributed by atoms with E-state index < -0.39 is 0 Å². The summed E-state index contributed by atoms with van der Waals surface area (Å²) >= 11 is 0. The zero-order valence-electron chi connectivity index (χ0n) is 9.15. The molecule has 0 aromatic carbocycles. The molecule has 2 atom stereocenters. The van der Waals surface area contributed by atoms with Crippen LogP contribution in [0.5, 0.6) is 0 Å². The number of hydrogen-bond donors (Lipinski definition) is 0. The van der Waals surface area contributed by atoms with Gasteiger partial charge in [-0.25, -0.2) is 0 Å². The molecule has 0 aromatic heterocycles. The van der Waals surface area contributed by atoms with Crippen LogP contribution in [0.15, 0.2) is 22.3 Å². The molecule has 0 fully saturated rings. The molecule has 0 bridgehead atoms. The quantitative estimate of drug-likeness (QED) is 0.512. The minimum atomic E-state index is 0. The van der Waals surface area contributed by atoms with Gasteiger partial charge in [-0.1, -0.05) is 32.4 Å². The van der Waals surface area contributed by atoms with Crippen molar-refractivity contribution in [1.29, 1.82) is 0 Å². The second-order valence-electron chi connectivity index (χ2n) is 4.19. The number of allylic oxidation sites excluding steroid dienone is 4. The Labute approximate surface area is 83.7 Å². The van der Waals surface area contributed by atoms with Crippen molar-refractivity contribution in [3.05, 3.63) is 22.3 Å². The molecule has 1 aliphatic rings. The molecular formula is C13H24. The SMILES string of the molecule is C.CC1=C(C)C(C)C(C)C(C)=C1C. The van der Waals surface area contributed by atoms with Gasteiger partial charge in [-0.2, -0.15) is 0 Å². The standard InChI is InChI=1S/C12H20.CH4/c1-7-8(2)10(4)12(6)11(5)9(7)3;/h7-8H,1-6H3;1H4. The third kappa shape index (κ3) is 1.87. The van der Waals surface area contributed by atoms with E-state index in [9.17, 15) is 0 Å². The molecule has 0 amide bonds. The lowest BCUT2D eigenvalue weighted by atomic mass is 9.75. The summed E-state index contributed by atoms with van der Waals surface area (Å²) < 4.78 is 0. The molecule has 0 radical (unpaired) electrons. The largest absolute Gasteiger partial charge is 0.0776 e. The van der Waals surface area contributed by atoms with E-state index >= 15 is 0 Å². The topological polar surface area (TPSA) is 0 Å². The molecule has 0 heteroatoms. The second kappa shape index (κ2) is 4.13. The average molecular weight is 180 g/mol. The molecule has 1 aliphatic carbocycles. The predicted molar refractivity (Wildman–Crippen MR) is 61.8 cm³/mol. The van der Waals surface area contributed by atoms with E-state index in [1.165, 1.54) is 11.1 Å². The molecule has 0 aliphatic heterocycles. The minimum Gasteiger partial charge on any atom is -0.0776 e. The van der Waals surface area contributed by atoms with Crippen molar-refractivity contribution in [3.8, 4) is 0 Å². The summed E-state index contributed by atoms with van der Waals surface area (Å²) in [5, 5.41) is 0. The fourth-order valence-electron chi connectivity index (χ4n) is 2.02. The molecule has 13 heavy (non-hydrogen) atoms. The van der Waals surface area contributed by atoms with Crippen molar-refractivity contribution in [2.45, 2.75) is 49.0 Å². The summed E-state index contributed by atoms with van der Waals surface area (Å²) in [6.45, 7) is 13.7. The van der Waals surface area contributed by atoms with Gasteiger partial charge in [-0.3, -0.25) is 0 Å². The van der Waals surface area contributed by atoms with Gasteiger partial charge in [-0.05, 0) is 50.7 Å². The van der Waals surface area contributed by atoms with Crippen LogP contribution in [0.25, 0.3) is 0 Å². The first-order chi connectivity index (χ1) is 5.46. The van der Waals surface area contributed by atoms with Gasteiger partial charge in [-0.15, -0.1) is 0 Å². The van der Waals surface area contributed by atoms with Crippen LogP contribution < -0.4 is 0 Å². The fraction of sp³-hybridized carbons (Fsp3) is 0.692.